The van der Waals surface area contributed by atoms with E-state index in [0.717, 1.165) is 12.5 Å². The van der Waals surface area contributed by atoms with Crippen LogP contribution in [0.3, 0.4) is 0 Å². The van der Waals surface area contributed by atoms with Crippen molar-refractivity contribution in [1.29, 1.82) is 0 Å². The number of fused-ring (bicyclic) bond motifs is 2. The lowest BCUT2D eigenvalue weighted by molar-refractivity contribution is 0.0529. The van der Waals surface area contributed by atoms with Crippen LogP contribution in [0.15, 0.2) is 36.4 Å². The van der Waals surface area contributed by atoms with E-state index in [1.165, 1.54) is 14.2 Å². The zero-order valence-corrected chi connectivity index (χ0v) is 21.8. The second-order valence-corrected chi connectivity index (χ2v) is 10.9. The normalized spacial score (nSPS) is 18.4. The highest BCUT2D eigenvalue weighted by molar-refractivity contribution is 7.86. The van der Waals surface area contributed by atoms with Crippen molar-refractivity contribution in [3.63, 3.8) is 0 Å². The van der Waals surface area contributed by atoms with E-state index >= 15 is 0 Å². The van der Waals surface area contributed by atoms with Crippen LogP contribution >= 0.6 is 0 Å². The lowest BCUT2D eigenvalue weighted by Crippen LogP contribution is -2.34. The van der Waals surface area contributed by atoms with Gasteiger partial charge < -0.3 is 28.4 Å². The van der Waals surface area contributed by atoms with Crippen molar-refractivity contribution >= 4 is 20.2 Å². The highest BCUT2D eigenvalue weighted by atomic mass is 32.2. The molecule has 2 aromatic rings. The van der Waals surface area contributed by atoms with Crippen LogP contribution < -0.4 is 28.4 Å². The highest BCUT2D eigenvalue weighted by Gasteiger charge is 2.26. The Morgan fingerprint density at radius 2 is 1.22 bits per heavy atom. The maximum Gasteiger partial charge on any atom is 0.264 e. The number of methoxy groups -OCH3 is 2. The number of benzene rings is 2. The number of ether oxygens (including phenoxy) is 6. The second-order valence-electron chi connectivity index (χ2n) is 7.65. The van der Waals surface area contributed by atoms with Gasteiger partial charge in [0.25, 0.3) is 20.2 Å². The summed E-state index contributed by atoms with van der Waals surface area (Å²) in [5, 5.41) is 0. The molecule has 4 rings (SSSR count). The second kappa shape index (κ2) is 11.9. The van der Waals surface area contributed by atoms with E-state index in [-0.39, 0.29) is 26.4 Å². The van der Waals surface area contributed by atoms with Gasteiger partial charge in [0.1, 0.15) is 26.4 Å². The summed E-state index contributed by atoms with van der Waals surface area (Å²) in [6.07, 6.45) is 1.04. The summed E-state index contributed by atoms with van der Waals surface area (Å²) in [6.45, 7) is 0.282. The molecule has 0 aliphatic carbocycles. The molecule has 0 spiro atoms. The molecule has 2 heterocycles. The van der Waals surface area contributed by atoms with Crippen molar-refractivity contribution in [2.75, 3.05) is 53.2 Å². The Balaban J connectivity index is 0.000000201. The molecular weight excluding hydrogens is 520 g/mol. The third-order valence-electron chi connectivity index (χ3n) is 4.68. The van der Waals surface area contributed by atoms with Gasteiger partial charge in [0.05, 0.1) is 26.7 Å². The number of hydrogen-bond acceptors (Lipinski definition) is 12. The maximum atomic E-state index is 10.9. The molecular formula is C22H28O12S2. The molecule has 2 atom stereocenters. The first-order chi connectivity index (χ1) is 17.0. The van der Waals surface area contributed by atoms with E-state index in [1.54, 1.807) is 36.4 Å². The number of rotatable bonds is 8. The van der Waals surface area contributed by atoms with E-state index in [9.17, 15) is 16.8 Å². The zero-order chi connectivity index (χ0) is 26.3. The molecule has 0 fully saturated rings. The van der Waals surface area contributed by atoms with Gasteiger partial charge in [-0.3, -0.25) is 8.37 Å². The first-order valence-corrected chi connectivity index (χ1v) is 14.2. The lowest BCUT2D eigenvalue weighted by Gasteiger charge is -2.27. The molecule has 0 saturated carbocycles. The van der Waals surface area contributed by atoms with Crippen LogP contribution in [0.2, 0.25) is 0 Å². The van der Waals surface area contributed by atoms with E-state index in [4.69, 9.17) is 28.4 Å². The smallest absolute Gasteiger partial charge is 0.264 e. The summed E-state index contributed by atoms with van der Waals surface area (Å²) in [6, 6.07) is 10.5. The Morgan fingerprint density at radius 3 is 1.78 bits per heavy atom. The van der Waals surface area contributed by atoms with Gasteiger partial charge in [-0.2, -0.15) is 16.8 Å². The summed E-state index contributed by atoms with van der Waals surface area (Å²) in [5.41, 5.74) is 0. The first-order valence-electron chi connectivity index (χ1n) is 10.6. The van der Waals surface area contributed by atoms with Crippen LogP contribution in [0.5, 0.6) is 34.5 Å². The van der Waals surface area contributed by atoms with Gasteiger partial charge in [0, 0.05) is 0 Å². The topological polar surface area (TPSA) is 142 Å². The molecule has 0 aromatic heterocycles. The number of hydrogen-bond donors (Lipinski definition) is 0. The van der Waals surface area contributed by atoms with Crippen molar-refractivity contribution in [3.05, 3.63) is 36.4 Å². The minimum atomic E-state index is -3.48. The largest absolute Gasteiger partial charge is 0.493 e. The Kier molecular flexibility index (Phi) is 9.11. The van der Waals surface area contributed by atoms with Crippen molar-refractivity contribution in [3.8, 4) is 34.5 Å². The van der Waals surface area contributed by atoms with E-state index < -0.39 is 32.4 Å². The van der Waals surface area contributed by atoms with Gasteiger partial charge in [-0.25, -0.2) is 0 Å². The van der Waals surface area contributed by atoms with Crippen molar-refractivity contribution < 1.29 is 53.6 Å². The zero-order valence-electron chi connectivity index (χ0n) is 20.2. The van der Waals surface area contributed by atoms with Crippen LogP contribution in [-0.4, -0.2) is 82.2 Å². The van der Waals surface area contributed by atoms with Gasteiger partial charge in [-0.05, 0) is 24.3 Å². The standard InChI is InChI=1S/2C11H14O6S/c1-14-9-4-3-5-10-11(9)15-6-8(17-10)7-16-18(2,12)13;1-14-9-4-3-5-10-11(9)17-8(6-15-10)7-16-18(2,12)13/h2*3-5,8H,6-7H2,1-2H3. The molecule has 0 radical (unpaired) electrons. The molecule has 2 aliphatic rings. The highest BCUT2D eigenvalue weighted by Crippen LogP contribution is 2.41. The molecule has 0 amide bonds. The molecule has 0 N–H and O–H groups in total. The molecule has 0 bridgehead atoms. The molecule has 14 heteroatoms. The predicted octanol–water partition coefficient (Wildman–Crippen LogP) is 1.62. The molecule has 36 heavy (non-hydrogen) atoms. The summed E-state index contributed by atoms with van der Waals surface area (Å²) >= 11 is 0. The fourth-order valence-corrected chi connectivity index (χ4v) is 3.91. The molecule has 2 aliphatic heterocycles. The Bertz CT molecular complexity index is 1230. The van der Waals surface area contributed by atoms with Gasteiger partial charge in [0.2, 0.25) is 11.5 Å². The fourth-order valence-electron chi connectivity index (χ4n) is 3.11. The molecule has 2 aromatic carbocycles. The van der Waals surface area contributed by atoms with Crippen molar-refractivity contribution in [2.24, 2.45) is 0 Å². The third-order valence-corrected chi connectivity index (χ3v) is 5.81. The molecule has 0 saturated heterocycles. The predicted molar refractivity (Wildman–Crippen MR) is 127 cm³/mol. The summed E-state index contributed by atoms with van der Waals surface area (Å²) < 4.78 is 85.3. The van der Waals surface area contributed by atoms with Gasteiger partial charge in [-0.15, -0.1) is 0 Å². The fraction of sp³-hybridized carbons (Fsp3) is 0.455. The minimum absolute atomic E-state index is 0.0739. The molecule has 12 nitrogen and oxygen atoms in total. The van der Waals surface area contributed by atoms with Crippen LogP contribution in [-0.2, 0) is 28.6 Å². The van der Waals surface area contributed by atoms with E-state index in [1.807, 2.05) is 0 Å². The SMILES string of the molecule is COc1cccc2c1OC(COS(C)(=O)=O)CO2.COc1cccc2c1OCC(COS(C)(=O)=O)O2. The lowest BCUT2D eigenvalue weighted by atomic mass is 10.2. The average Bonchev–Trinajstić information content (AvgIpc) is 2.84. The van der Waals surface area contributed by atoms with E-state index in [0.29, 0.717) is 34.5 Å². The van der Waals surface area contributed by atoms with Gasteiger partial charge in [0.15, 0.2) is 35.2 Å². The van der Waals surface area contributed by atoms with Crippen LogP contribution in [0.4, 0.5) is 0 Å². The first kappa shape index (κ1) is 27.6. The Morgan fingerprint density at radius 1 is 0.722 bits per heavy atom. The van der Waals surface area contributed by atoms with Crippen LogP contribution in [0, 0.1) is 0 Å². The average molecular weight is 549 g/mol. The number of para-hydroxylation sites is 2. The molecule has 200 valence electrons. The van der Waals surface area contributed by atoms with Crippen molar-refractivity contribution in [1.82, 2.24) is 0 Å². The maximum absolute atomic E-state index is 10.9. The monoisotopic (exact) mass is 548 g/mol. The van der Waals surface area contributed by atoms with Crippen LogP contribution in [0.25, 0.3) is 0 Å². The molecule has 2 unspecified atom stereocenters. The van der Waals surface area contributed by atoms with Gasteiger partial charge in [-0.1, -0.05) is 12.1 Å². The quantitative estimate of drug-likeness (QED) is 0.442. The Labute approximate surface area is 210 Å². The minimum Gasteiger partial charge on any atom is -0.493 e. The summed E-state index contributed by atoms with van der Waals surface area (Å²) in [5.74, 6) is 3.20. The summed E-state index contributed by atoms with van der Waals surface area (Å²) in [4.78, 5) is 0. The third kappa shape index (κ3) is 8.05. The van der Waals surface area contributed by atoms with Gasteiger partial charge >= 0.3 is 0 Å². The van der Waals surface area contributed by atoms with E-state index in [2.05, 4.69) is 8.37 Å². The van der Waals surface area contributed by atoms with Crippen molar-refractivity contribution in [2.45, 2.75) is 12.2 Å². The Hall–Kier alpha value is -2.94. The van der Waals surface area contributed by atoms with Crippen LogP contribution in [0.1, 0.15) is 0 Å². The summed E-state index contributed by atoms with van der Waals surface area (Å²) in [7, 11) is -3.89.